The van der Waals surface area contributed by atoms with Gasteiger partial charge in [-0.1, -0.05) is 31.4 Å². The molecule has 31 heavy (non-hydrogen) atoms. The minimum atomic E-state index is -0.118. The third-order valence-electron chi connectivity index (χ3n) is 8.22. The number of likely N-dealkylation sites (tertiary alicyclic amines) is 3. The maximum absolute atomic E-state index is 12.0. The van der Waals surface area contributed by atoms with Crippen molar-refractivity contribution in [1.82, 2.24) is 14.7 Å². The zero-order valence-corrected chi connectivity index (χ0v) is 19.4. The van der Waals surface area contributed by atoms with Crippen LogP contribution in [0.5, 0.6) is 0 Å². The number of hydrogen-bond acceptors (Lipinski definition) is 4. The number of nitrogens with zero attached hydrogens (tertiary/aromatic N) is 3. The van der Waals surface area contributed by atoms with Gasteiger partial charge in [-0.15, -0.1) is 0 Å². The van der Waals surface area contributed by atoms with Crippen molar-refractivity contribution in [1.29, 1.82) is 0 Å². The first-order valence-corrected chi connectivity index (χ1v) is 12.4. The summed E-state index contributed by atoms with van der Waals surface area (Å²) < 4.78 is 5.20. The molecule has 3 saturated heterocycles. The van der Waals surface area contributed by atoms with Crippen molar-refractivity contribution >= 4 is 6.09 Å². The van der Waals surface area contributed by atoms with Gasteiger partial charge < -0.3 is 14.5 Å². The first-order chi connectivity index (χ1) is 15.0. The predicted molar refractivity (Wildman–Crippen MR) is 126 cm³/mol. The van der Waals surface area contributed by atoms with Gasteiger partial charge in [0.25, 0.3) is 0 Å². The Labute approximate surface area is 188 Å². The van der Waals surface area contributed by atoms with Crippen LogP contribution in [0.15, 0.2) is 37.0 Å². The van der Waals surface area contributed by atoms with Crippen molar-refractivity contribution < 1.29 is 9.53 Å². The molecule has 5 nitrogen and oxygen atoms in total. The fourth-order valence-corrected chi connectivity index (χ4v) is 6.61. The van der Waals surface area contributed by atoms with Crippen LogP contribution >= 0.6 is 0 Å². The van der Waals surface area contributed by atoms with Gasteiger partial charge >= 0.3 is 6.09 Å². The number of allylic oxidation sites excluding steroid dienone is 2. The molecule has 1 saturated carbocycles. The van der Waals surface area contributed by atoms with Gasteiger partial charge in [-0.2, -0.15) is 0 Å². The molecular weight excluding hydrogens is 386 g/mol. The molecule has 5 heteroatoms. The summed E-state index contributed by atoms with van der Waals surface area (Å²) >= 11 is 0. The van der Waals surface area contributed by atoms with E-state index in [1.807, 2.05) is 24.0 Å². The van der Waals surface area contributed by atoms with E-state index in [2.05, 4.69) is 29.0 Å². The Balaban J connectivity index is 1.21. The van der Waals surface area contributed by atoms with Crippen molar-refractivity contribution in [2.75, 3.05) is 45.9 Å². The Morgan fingerprint density at radius 3 is 2.65 bits per heavy atom. The summed E-state index contributed by atoms with van der Waals surface area (Å²) in [4.78, 5) is 19.4. The smallest absolute Gasteiger partial charge is 0.409 e. The van der Waals surface area contributed by atoms with E-state index in [1.165, 1.54) is 63.7 Å². The summed E-state index contributed by atoms with van der Waals surface area (Å²) in [5, 5.41) is 0. The first kappa shape index (κ1) is 22.6. The van der Waals surface area contributed by atoms with Crippen LogP contribution in [0.2, 0.25) is 0 Å². The third-order valence-corrected chi connectivity index (χ3v) is 8.22. The summed E-state index contributed by atoms with van der Waals surface area (Å²) in [5.41, 5.74) is 1.56. The lowest BCUT2D eigenvalue weighted by Gasteiger charge is -2.52. The van der Waals surface area contributed by atoms with Gasteiger partial charge in [-0.05, 0) is 88.4 Å². The highest BCUT2D eigenvalue weighted by Gasteiger charge is 2.51. The van der Waals surface area contributed by atoms with Crippen molar-refractivity contribution in [2.45, 2.75) is 64.0 Å². The quantitative estimate of drug-likeness (QED) is 0.562. The van der Waals surface area contributed by atoms with Crippen LogP contribution in [0.1, 0.15) is 51.9 Å². The molecular formula is C26H41N3O2. The molecule has 172 valence electrons. The van der Waals surface area contributed by atoms with E-state index in [-0.39, 0.29) is 6.09 Å². The summed E-state index contributed by atoms with van der Waals surface area (Å²) in [6.45, 7) is 16.8. The van der Waals surface area contributed by atoms with Crippen LogP contribution in [0.3, 0.4) is 0 Å². The highest BCUT2D eigenvalue weighted by Crippen LogP contribution is 2.51. The highest BCUT2D eigenvalue weighted by molar-refractivity contribution is 5.68. The second-order valence-electron chi connectivity index (χ2n) is 10.2. The normalized spacial score (nSPS) is 32.6. The number of rotatable bonds is 7. The van der Waals surface area contributed by atoms with Gasteiger partial charge in [0.15, 0.2) is 0 Å². The van der Waals surface area contributed by atoms with E-state index in [0.717, 1.165) is 44.1 Å². The maximum Gasteiger partial charge on any atom is 0.409 e. The van der Waals surface area contributed by atoms with Crippen LogP contribution < -0.4 is 0 Å². The van der Waals surface area contributed by atoms with Crippen LogP contribution in [-0.2, 0) is 4.74 Å². The fourth-order valence-electron chi connectivity index (χ4n) is 6.61. The molecule has 1 aliphatic carbocycles. The van der Waals surface area contributed by atoms with Gasteiger partial charge in [0, 0.05) is 31.7 Å². The number of hydrogen-bond donors (Lipinski definition) is 0. The van der Waals surface area contributed by atoms with E-state index in [9.17, 15) is 4.79 Å². The number of amides is 1. The Kier molecular flexibility index (Phi) is 7.22. The zero-order chi connectivity index (χ0) is 21.8. The molecule has 0 aromatic carbocycles. The lowest BCUT2D eigenvalue weighted by molar-refractivity contribution is -0.0155. The lowest BCUT2D eigenvalue weighted by Crippen LogP contribution is -2.55. The largest absolute Gasteiger partial charge is 0.450 e. The molecule has 0 unspecified atom stereocenters. The average Bonchev–Trinajstić information content (AvgIpc) is 3.39. The molecule has 1 amide bonds. The van der Waals surface area contributed by atoms with Crippen LogP contribution in [-0.4, -0.2) is 78.8 Å². The van der Waals surface area contributed by atoms with Crippen molar-refractivity contribution in [3.05, 3.63) is 37.0 Å². The molecule has 3 aliphatic heterocycles. The predicted octanol–water partition coefficient (Wildman–Crippen LogP) is 4.47. The average molecular weight is 428 g/mol. The Hall–Kier alpha value is -1.59. The Bertz CT molecular complexity index is 689. The molecule has 0 bridgehead atoms. The Morgan fingerprint density at radius 2 is 1.94 bits per heavy atom. The summed E-state index contributed by atoms with van der Waals surface area (Å²) in [5.74, 6) is 0.828. The summed E-state index contributed by atoms with van der Waals surface area (Å²) in [7, 11) is 0. The topological polar surface area (TPSA) is 36.0 Å². The van der Waals surface area contributed by atoms with Gasteiger partial charge in [0.1, 0.15) is 0 Å². The van der Waals surface area contributed by atoms with Gasteiger partial charge in [-0.25, -0.2) is 4.79 Å². The van der Waals surface area contributed by atoms with Gasteiger partial charge in [-0.3, -0.25) is 4.90 Å². The minimum absolute atomic E-state index is 0.118. The molecule has 4 fully saturated rings. The molecule has 0 aromatic heterocycles. The number of carbonyl (C=O) groups is 1. The maximum atomic E-state index is 12.0. The van der Waals surface area contributed by atoms with Gasteiger partial charge in [0.05, 0.1) is 6.61 Å². The monoisotopic (exact) mass is 427 g/mol. The molecule has 3 heterocycles. The van der Waals surface area contributed by atoms with E-state index in [1.54, 1.807) is 0 Å². The molecule has 4 rings (SSSR count). The molecule has 0 radical (unpaired) electrons. The zero-order valence-electron chi connectivity index (χ0n) is 19.4. The highest BCUT2D eigenvalue weighted by atomic mass is 16.6. The molecule has 1 spiro atoms. The van der Waals surface area contributed by atoms with Crippen molar-refractivity contribution in [3.8, 4) is 0 Å². The van der Waals surface area contributed by atoms with E-state index in [4.69, 9.17) is 4.74 Å². The van der Waals surface area contributed by atoms with E-state index < -0.39 is 0 Å². The van der Waals surface area contributed by atoms with Crippen LogP contribution in [0, 0.1) is 11.3 Å². The SMILES string of the molecule is C=C/C=C\C(=C)CN1CCC[C@H]1C1CCN(C2CC3(CCN(C(=O)OCC)C3)C2)CC1. The fraction of sp³-hybridized carbons (Fsp3) is 0.731. The van der Waals surface area contributed by atoms with Crippen molar-refractivity contribution in [2.24, 2.45) is 11.3 Å². The third kappa shape index (κ3) is 5.09. The van der Waals surface area contributed by atoms with Crippen LogP contribution in [0.4, 0.5) is 4.79 Å². The van der Waals surface area contributed by atoms with Gasteiger partial charge in [0.2, 0.25) is 0 Å². The standard InChI is InChI=1S/C26H41N3O2/c1-4-6-8-21(3)19-28-13-7-9-24(28)22-10-14-27(15-11-22)23-17-26(18-23)12-16-29(20-26)25(30)31-5-2/h4,6,8,22-24H,1,3,5,7,9-20H2,2H3/b8-6-/t23?,24-,26?/m0/s1. The second-order valence-corrected chi connectivity index (χ2v) is 10.2. The molecule has 0 aromatic rings. The minimum Gasteiger partial charge on any atom is -0.450 e. The van der Waals surface area contributed by atoms with E-state index in [0.29, 0.717) is 12.0 Å². The number of ether oxygens (including phenoxy) is 1. The first-order valence-electron chi connectivity index (χ1n) is 12.4. The molecule has 4 aliphatic rings. The number of piperidine rings is 1. The van der Waals surface area contributed by atoms with Crippen molar-refractivity contribution in [3.63, 3.8) is 0 Å². The Morgan fingerprint density at radius 1 is 1.16 bits per heavy atom. The van der Waals surface area contributed by atoms with Crippen LogP contribution in [0.25, 0.3) is 0 Å². The summed E-state index contributed by atoms with van der Waals surface area (Å²) in [6, 6.07) is 1.46. The van der Waals surface area contributed by atoms with E-state index >= 15 is 0 Å². The molecule has 0 N–H and O–H groups in total. The summed E-state index contributed by atoms with van der Waals surface area (Å²) in [6.07, 6.45) is 14.8. The molecule has 1 atom stereocenters. The second kappa shape index (κ2) is 9.91. The lowest BCUT2D eigenvalue weighted by atomic mass is 9.64. The number of carbonyl (C=O) groups excluding carboxylic acids is 1.